The zero-order valence-corrected chi connectivity index (χ0v) is 15.6. The topological polar surface area (TPSA) is 59.6 Å². The number of carbonyl (C=O) groups is 1. The lowest BCUT2D eigenvalue weighted by molar-refractivity contribution is -0.135. The highest BCUT2D eigenvalue weighted by Gasteiger charge is 2.24. The number of carbonyl (C=O) groups excluding carboxylic acids is 1. The molecule has 1 unspecified atom stereocenters. The van der Waals surface area contributed by atoms with E-state index in [-0.39, 0.29) is 24.1 Å². The summed E-state index contributed by atoms with van der Waals surface area (Å²) in [4.78, 5) is 28.6. The van der Waals surface area contributed by atoms with Crippen LogP contribution in [0.2, 0.25) is 0 Å². The van der Waals surface area contributed by atoms with Crippen molar-refractivity contribution in [2.24, 2.45) is 0 Å². The highest BCUT2D eigenvalue weighted by molar-refractivity contribution is 7.19. The van der Waals surface area contributed by atoms with Gasteiger partial charge in [-0.3, -0.25) is 14.0 Å². The minimum absolute atomic E-state index is 0.0123. The zero-order chi connectivity index (χ0) is 17.7. The molecule has 7 heteroatoms. The highest BCUT2D eigenvalue weighted by atomic mass is 32.1. The number of rotatable bonds is 2. The zero-order valence-electron chi connectivity index (χ0n) is 14.8. The van der Waals surface area contributed by atoms with E-state index in [1.54, 1.807) is 11.3 Å². The van der Waals surface area contributed by atoms with Crippen LogP contribution in [0.25, 0.3) is 15.7 Å². The maximum Gasteiger partial charge on any atom is 0.291 e. The van der Waals surface area contributed by atoms with Crippen molar-refractivity contribution in [3.05, 3.63) is 33.2 Å². The lowest BCUT2D eigenvalue weighted by Gasteiger charge is -2.33. The number of fused-ring (bicyclic) bond motifs is 3. The molecule has 0 aromatic carbocycles. The second-order valence-corrected chi connectivity index (χ2v) is 8.20. The summed E-state index contributed by atoms with van der Waals surface area (Å²) >= 11 is 1.67. The lowest BCUT2D eigenvalue weighted by atomic mass is 10.0. The van der Waals surface area contributed by atoms with Crippen LogP contribution in [-0.4, -0.2) is 37.6 Å². The Labute approximate surface area is 149 Å². The number of hydrogen-bond donors (Lipinski definition) is 0. The van der Waals surface area contributed by atoms with Gasteiger partial charge in [0.15, 0.2) is 0 Å². The third-order valence-corrected chi connectivity index (χ3v) is 6.05. The number of likely N-dealkylation sites (tertiary alicyclic amines) is 1. The molecule has 1 aliphatic heterocycles. The molecular weight excluding hydrogens is 336 g/mol. The van der Waals surface area contributed by atoms with E-state index in [2.05, 4.69) is 25.0 Å². The summed E-state index contributed by atoms with van der Waals surface area (Å²) in [5.41, 5.74) is 1.40. The van der Waals surface area contributed by atoms with Gasteiger partial charge in [-0.2, -0.15) is 5.10 Å². The third kappa shape index (κ3) is 2.66. The van der Waals surface area contributed by atoms with E-state index in [0.29, 0.717) is 5.52 Å². The molecule has 0 N–H and O–H groups in total. The van der Waals surface area contributed by atoms with Crippen molar-refractivity contribution in [2.45, 2.75) is 52.6 Å². The summed E-state index contributed by atoms with van der Waals surface area (Å²) in [5.74, 6) is 0.705. The van der Waals surface area contributed by atoms with Crippen LogP contribution in [0.1, 0.15) is 36.9 Å². The summed E-state index contributed by atoms with van der Waals surface area (Å²) < 4.78 is 4.30. The van der Waals surface area contributed by atoms with Gasteiger partial charge in [0.25, 0.3) is 5.56 Å². The number of aromatic nitrogens is 3. The summed E-state index contributed by atoms with van der Waals surface area (Å²) in [7, 11) is 0. The number of thiophene rings is 1. The van der Waals surface area contributed by atoms with Gasteiger partial charge in [-0.25, -0.2) is 4.68 Å². The van der Waals surface area contributed by atoms with Gasteiger partial charge in [-0.15, -0.1) is 11.3 Å². The highest BCUT2D eigenvalue weighted by Crippen LogP contribution is 2.28. The SMILES string of the molecule is Cc1cc2c(cc3c(=O)n(CC(=O)N4CCCCC4C)nc(C)n32)s1. The smallest absolute Gasteiger partial charge is 0.291 e. The Morgan fingerprint density at radius 3 is 2.84 bits per heavy atom. The monoisotopic (exact) mass is 358 g/mol. The first-order chi connectivity index (χ1) is 12.0. The van der Waals surface area contributed by atoms with Crippen LogP contribution in [0.3, 0.4) is 0 Å². The molecule has 3 aromatic heterocycles. The molecule has 1 saturated heterocycles. The molecule has 1 atom stereocenters. The fourth-order valence-corrected chi connectivity index (χ4v) is 4.76. The molecule has 132 valence electrons. The van der Waals surface area contributed by atoms with E-state index < -0.39 is 0 Å². The maximum atomic E-state index is 12.8. The van der Waals surface area contributed by atoms with Gasteiger partial charge in [0.05, 0.1) is 10.2 Å². The van der Waals surface area contributed by atoms with Crippen molar-refractivity contribution in [3.63, 3.8) is 0 Å². The molecular formula is C18H22N4O2S. The first kappa shape index (κ1) is 16.3. The van der Waals surface area contributed by atoms with Crippen LogP contribution < -0.4 is 5.56 Å². The normalized spacial score (nSPS) is 18.4. The van der Waals surface area contributed by atoms with Gasteiger partial charge in [0.1, 0.15) is 17.9 Å². The summed E-state index contributed by atoms with van der Waals surface area (Å²) in [6.07, 6.45) is 3.22. The molecule has 0 radical (unpaired) electrons. The summed E-state index contributed by atoms with van der Waals surface area (Å²) in [6, 6.07) is 4.23. The van der Waals surface area contributed by atoms with Gasteiger partial charge in [-0.1, -0.05) is 0 Å². The maximum absolute atomic E-state index is 12.8. The number of nitrogens with zero attached hydrogens (tertiary/aromatic N) is 4. The van der Waals surface area contributed by atoms with Gasteiger partial charge < -0.3 is 4.90 Å². The molecule has 0 spiro atoms. The lowest BCUT2D eigenvalue weighted by Crippen LogP contribution is -2.45. The Balaban J connectivity index is 1.74. The van der Waals surface area contributed by atoms with Crippen molar-refractivity contribution >= 4 is 33.0 Å². The first-order valence-corrected chi connectivity index (χ1v) is 9.56. The van der Waals surface area contributed by atoms with Crippen LogP contribution in [-0.2, 0) is 11.3 Å². The van der Waals surface area contributed by atoms with E-state index in [4.69, 9.17) is 0 Å². The summed E-state index contributed by atoms with van der Waals surface area (Å²) in [6.45, 7) is 6.79. The number of piperidine rings is 1. The molecule has 1 amide bonds. The van der Waals surface area contributed by atoms with Gasteiger partial charge in [-0.05, 0) is 52.2 Å². The van der Waals surface area contributed by atoms with Gasteiger partial charge >= 0.3 is 0 Å². The molecule has 1 aliphatic rings. The standard InChI is InChI=1S/C18H22N4O2S/c1-11-6-4-5-7-20(11)17(23)10-21-18(24)15-9-16-14(8-12(2)25-16)22(15)13(3)19-21/h8-9,11H,4-7,10H2,1-3H3. The third-order valence-electron chi connectivity index (χ3n) is 5.06. The molecule has 6 nitrogen and oxygen atoms in total. The molecule has 1 fully saturated rings. The van der Waals surface area contributed by atoms with E-state index in [9.17, 15) is 9.59 Å². The molecule has 4 heterocycles. The number of amides is 1. The second kappa shape index (κ2) is 5.98. The average Bonchev–Trinajstić information content (AvgIpc) is 3.08. The van der Waals surface area contributed by atoms with Crippen molar-refractivity contribution in [3.8, 4) is 0 Å². The minimum Gasteiger partial charge on any atom is -0.338 e. The van der Waals surface area contributed by atoms with Crippen LogP contribution in [0.4, 0.5) is 0 Å². The predicted octanol–water partition coefficient (Wildman–Crippen LogP) is 2.73. The molecule has 4 rings (SSSR count). The van der Waals surface area contributed by atoms with Crippen LogP contribution >= 0.6 is 11.3 Å². The van der Waals surface area contributed by atoms with E-state index >= 15 is 0 Å². The molecule has 3 aromatic rings. The van der Waals surface area contributed by atoms with Gasteiger partial charge in [0, 0.05) is 17.5 Å². The van der Waals surface area contributed by atoms with E-state index in [0.717, 1.165) is 41.8 Å². The fraction of sp³-hybridized carbons (Fsp3) is 0.500. The van der Waals surface area contributed by atoms with Crippen LogP contribution in [0.5, 0.6) is 0 Å². The van der Waals surface area contributed by atoms with Gasteiger partial charge in [0.2, 0.25) is 5.91 Å². The van der Waals surface area contributed by atoms with E-state index in [1.165, 1.54) is 9.56 Å². The van der Waals surface area contributed by atoms with Crippen LogP contribution in [0.15, 0.2) is 16.9 Å². The van der Waals surface area contributed by atoms with Crippen LogP contribution in [0, 0.1) is 13.8 Å². The molecule has 0 aliphatic carbocycles. The predicted molar refractivity (Wildman–Crippen MR) is 99.3 cm³/mol. The Morgan fingerprint density at radius 2 is 2.08 bits per heavy atom. The Bertz CT molecular complexity index is 1030. The van der Waals surface area contributed by atoms with Crippen molar-refractivity contribution < 1.29 is 4.79 Å². The van der Waals surface area contributed by atoms with Crippen molar-refractivity contribution in [1.29, 1.82) is 0 Å². The Kier molecular flexibility index (Phi) is 3.91. The minimum atomic E-state index is -0.204. The average molecular weight is 358 g/mol. The van der Waals surface area contributed by atoms with Crippen molar-refractivity contribution in [1.82, 2.24) is 19.1 Å². The largest absolute Gasteiger partial charge is 0.338 e. The molecule has 25 heavy (non-hydrogen) atoms. The number of aryl methyl sites for hydroxylation is 2. The Morgan fingerprint density at radius 1 is 1.28 bits per heavy atom. The van der Waals surface area contributed by atoms with E-state index in [1.807, 2.05) is 22.3 Å². The second-order valence-electron chi connectivity index (χ2n) is 6.91. The fourth-order valence-electron chi connectivity index (χ4n) is 3.81. The quantitative estimate of drug-likeness (QED) is 0.708. The summed E-state index contributed by atoms with van der Waals surface area (Å²) in [5, 5.41) is 4.42. The van der Waals surface area contributed by atoms with Crippen molar-refractivity contribution in [2.75, 3.05) is 6.54 Å². The first-order valence-electron chi connectivity index (χ1n) is 8.74. The Hall–Kier alpha value is -2.15. The molecule has 0 bridgehead atoms. The number of hydrogen-bond acceptors (Lipinski definition) is 4. The molecule has 0 saturated carbocycles.